The first-order valence-corrected chi connectivity index (χ1v) is 7.22. The molecule has 0 aliphatic carbocycles. The summed E-state index contributed by atoms with van der Waals surface area (Å²) >= 11 is 0. The van der Waals surface area contributed by atoms with E-state index in [0.29, 0.717) is 0 Å². The van der Waals surface area contributed by atoms with Crippen molar-refractivity contribution in [1.82, 2.24) is 0 Å². The van der Waals surface area contributed by atoms with E-state index in [9.17, 15) is 33.9 Å². The second-order valence-corrected chi connectivity index (χ2v) is 5.45. The molecule has 0 spiro atoms. The molecule has 11 nitrogen and oxygen atoms in total. The van der Waals surface area contributed by atoms with Gasteiger partial charge in [-0.3, -0.25) is 9.32 Å². The second-order valence-electron chi connectivity index (χ2n) is 4.26. The lowest BCUT2D eigenvalue weighted by atomic mass is 9.97. The summed E-state index contributed by atoms with van der Waals surface area (Å²) in [5.74, 6) is -3.60. The van der Waals surface area contributed by atoms with E-state index in [2.05, 4.69) is 4.52 Å². The van der Waals surface area contributed by atoms with E-state index in [1.165, 1.54) is 0 Å². The summed E-state index contributed by atoms with van der Waals surface area (Å²) in [4.78, 5) is 38.7. The summed E-state index contributed by atoms with van der Waals surface area (Å²) in [6.45, 7) is -1.51. The first kappa shape index (κ1) is 21.0. The fraction of sp³-hybridized carbons (Fsp3) is 0.778. The molecule has 0 aliphatic rings. The number of aliphatic hydroxyl groups excluding tert-OH is 4. The summed E-state index contributed by atoms with van der Waals surface area (Å²) in [7, 11) is -5.30. The quantitative estimate of drug-likeness (QED) is 0.155. The number of rotatable bonds is 10. The lowest BCUT2D eigenvalue weighted by Crippen LogP contribution is -2.50. The zero-order chi connectivity index (χ0) is 17.7. The molecule has 22 heavy (non-hydrogen) atoms. The molecule has 0 aromatic carbocycles. The predicted octanol–water partition coefficient (Wildman–Crippen LogP) is -3.08. The lowest BCUT2D eigenvalue weighted by molar-refractivity contribution is -0.154. The number of carbonyl (C=O) groups is 2. The van der Waals surface area contributed by atoms with Crippen LogP contribution in [0, 0.1) is 0 Å². The molecule has 0 aromatic rings. The number of phosphoric acid groups is 1. The van der Waals surface area contributed by atoms with Gasteiger partial charge in [-0.05, 0) is 0 Å². The normalized spacial score (nSPS) is 19.0. The molecule has 0 bridgehead atoms. The molecule has 0 fully saturated rings. The maximum atomic E-state index is 12.2. The minimum atomic E-state index is -5.30. The van der Waals surface area contributed by atoms with Crippen molar-refractivity contribution in [2.45, 2.75) is 36.9 Å². The van der Waals surface area contributed by atoms with Crippen molar-refractivity contribution in [3.63, 3.8) is 0 Å². The van der Waals surface area contributed by atoms with Crippen LogP contribution in [-0.4, -0.2) is 84.3 Å². The maximum absolute atomic E-state index is 12.2. The van der Waals surface area contributed by atoms with Gasteiger partial charge in [0, 0.05) is 6.42 Å². The minimum absolute atomic E-state index is 1.25. The molecule has 13 heteroatoms. The number of hydrogen-bond donors (Lipinski definition) is 7. The predicted molar refractivity (Wildman–Crippen MR) is 64.2 cm³/mol. The van der Waals surface area contributed by atoms with Gasteiger partial charge >= 0.3 is 13.8 Å². The third-order valence-corrected chi connectivity index (χ3v) is 3.08. The number of carbonyl (C=O) groups excluding carboxylic acids is 1. The monoisotopic (exact) mass is 350 g/mol. The Bertz CT molecular complexity index is 437. The number of hydrogen-bond acceptors (Lipinski definition) is 8. The number of halogens is 1. The van der Waals surface area contributed by atoms with Gasteiger partial charge in [0.2, 0.25) is 5.78 Å². The summed E-state index contributed by atoms with van der Waals surface area (Å²) in [5, 5.41) is 45.8. The fourth-order valence-electron chi connectivity index (χ4n) is 1.41. The molecule has 7 N–H and O–H groups in total. The van der Waals surface area contributed by atoms with E-state index < -0.39 is 63.2 Å². The molecule has 0 aromatic heterocycles. The van der Waals surface area contributed by atoms with Gasteiger partial charge < -0.3 is 35.3 Å². The highest BCUT2D eigenvalue weighted by Gasteiger charge is 2.40. The van der Waals surface area contributed by atoms with E-state index in [4.69, 9.17) is 20.0 Å². The van der Waals surface area contributed by atoms with Crippen LogP contribution in [0.1, 0.15) is 6.42 Å². The molecule has 0 rings (SSSR count). The summed E-state index contributed by atoms with van der Waals surface area (Å²) < 4.78 is 26.9. The second kappa shape index (κ2) is 8.60. The average molecular weight is 350 g/mol. The molecule has 0 radical (unpaired) electrons. The zero-order valence-electron chi connectivity index (χ0n) is 10.9. The van der Waals surface area contributed by atoms with Gasteiger partial charge in [-0.2, -0.15) is 0 Å². The van der Waals surface area contributed by atoms with Gasteiger partial charge in [-0.1, -0.05) is 0 Å². The van der Waals surface area contributed by atoms with E-state index in [1.807, 2.05) is 0 Å². The third kappa shape index (κ3) is 6.85. The number of carboxylic acids is 1. The highest BCUT2D eigenvalue weighted by atomic mass is 31.2. The van der Waals surface area contributed by atoms with Crippen LogP contribution in [0.5, 0.6) is 0 Å². The van der Waals surface area contributed by atoms with Gasteiger partial charge in [0.25, 0.3) is 0 Å². The van der Waals surface area contributed by atoms with Crippen molar-refractivity contribution in [3.05, 3.63) is 0 Å². The third-order valence-electron chi connectivity index (χ3n) is 2.53. The van der Waals surface area contributed by atoms with Crippen LogP contribution in [0.15, 0.2) is 0 Å². The molecule has 5 atom stereocenters. The standard InChI is InChI=1S/C9H16FO11P/c10-2-4(12)6(13)8(15)7(14)5(21-22(18,19)20)1-3(11)9(16)17/h4-8,12-15H,1-2H2,(H,16,17)(H2,18,19,20)/t4-,5+,6-,7-,8+/m1/s1. The number of ketones is 1. The summed E-state index contributed by atoms with van der Waals surface area (Å²) in [6.07, 6.45) is -12.6. The van der Waals surface area contributed by atoms with Crippen molar-refractivity contribution < 1.29 is 58.4 Å². The number of phosphoric ester groups is 1. The fourth-order valence-corrected chi connectivity index (χ4v) is 1.96. The molecular formula is C9H16FO11P. The van der Waals surface area contributed by atoms with E-state index in [0.717, 1.165) is 0 Å². The number of Topliss-reactive ketones (excluding diaryl/α,β-unsaturated/α-hetero) is 1. The highest BCUT2D eigenvalue weighted by molar-refractivity contribution is 7.46. The Labute approximate surface area is 122 Å². The Morgan fingerprint density at radius 3 is 1.91 bits per heavy atom. The molecule has 0 amide bonds. The molecule has 0 saturated heterocycles. The van der Waals surface area contributed by atoms with E-state index >= 15 is 0 Å². The SMILES string of the molecule is O=C(O)C(=O)C[C@H](OP(=O)(O)O)[C@@H](O)[C@@H](O)[C@H](O)[C@H](O)CF. The van der Waals surface area contributed by atoms with Crippen LogP contribution in [0.4, 0.5) is 4.39 Å². The van der Waals surface area contributed by atoms with Crippen LogP contribution < -0.4 is 0 Å². The Kier molecular flexibility index (Phi) is 8.22. The molecule has 130 valence electrons. The Balaban J connectivity index is 5.17. The van der Waals surface area contributed by atoms with Gasteiger partial charge in [0.15, 0.2) is 0 Å². The van der Waals surface area contributed by atoms with Gasteiger partial charge in [-0.15, -0.1) is 0 Å². The maximum Gasteiger partial charge on any atom is 0.469 e. The Morgan fingerprint density at radius 1 is 1.05 bits per heavy atom. The molecule has 0 heterocycles. The molecule has 0 unspecified atom stereocenters. The first-order chi connectivity index (χ1) is 9.90. The van der Waals surface area contributed by atoms with Crippen molar-refractivity contribution in [2.75, 3.05) is 6.67 Å². The van der Waals surface area contributed by atoms with Crippen LogP contribution in [0.25, 0.3) is 0 Å². The first-order valence-electron chi connectivity index (χ1n) is 5.69. The lowest BCUT2D eigenvalue weighted by Gasteiger charge is -2.30. The van der Waals surface area contributed by atoms with Gasteiger partial charge in [0.1, 0.15) is 37.2 Å². The topological polar surface area (TPSA) is 202 Å². The number of carboxylic acid groups (broad SMARTS) is 1. The average Bonchev–Trinajstić information content (AvgIpc) is 2.41. The number of aliphatic carboxylic acids is 1. The van der Waals surface area contributed by atoms with Gasteiger partial charge in [-0.25, -0.2) is 13.8 Å². The van der Waals surface area contributed by atoms with Crippen molar-refractivity contribution in [2.24, 2.45) is 0 Å². The van der Waals surface area contributed by atoms with Gasteiger partial charge in [0.05, 0.1) is 0 Å². The van der Waals surface area contributed by atoms with Crippen LogP contribution in [0.2, 0.25) is 0 Å². The minimum Gasteiger partial charge on any atom is -0.475 e. The number of alkyl halides is 1. The van der Waals surface area contributed by atoms with Crippen LogP contribution >= 0.6 is 7.82 Å². The van der Waals surface area contributed by atoms with Crippen molar-refractivity contribution >= 4 is 19.6 Å². The highest BCUT2D eigenvalue weighted by Crippen LogP contribution is 2.39. The zero-order valence-corrected chi connectivity index (χ0v) is 11.8. The van der Waals surface area contributed by atoms with Crippen molar-refractivity contribution in [1.29, 1.82) is 0 Å². The number of aliphatic hydroxyl groups is 4. The summed E-state index contributed by atoms with van der Waals surface area (Å²) in [6, 6.07) is 0. The molecule has 0 saturated carbocycles. The Morgan fingerprint density at radius 2 is 1.55 bits per heavy atom. The molecular weight excluding hydrogens is 334 g/mol. The van der Waals surface area contributed by atoms with Crippen LogP contribution in [-0.2, 0) is 18.7 Å². The Hall–Kier alpha value is -0.980. The van der Waals surface area contributed by atoms with E-state index in [1.54, 1.807) is 0 Å². The smallest absolute Gasteiger partial charge is 0.469 e. The largest absolute Gasteiger partial charge is 0.475 e. The van der Waals surface area contributed by atoms with Crippen molar-refractivity contribution in [3.8, 4) is 0 Å². The van der Waals surface area contributed by atoms with E-state index in [-0.39, 0.29) is 0 Å². The van der Waals surface area contributed by atoms with Crippen LogP contribution in [0.3, 0.4) is 0 Å². The summed E-state index contributed by atoms with van der Waals surface area (Å²) in [5.41, 5.74) is 0. The molecule has 0 aliphatic heterocycles.